The fourth-order valence-corrected chi connectivity index (χ4v) is 11.5. The summed E-state index contributed by atoms with van der Waals surface area (Å²) in [5.41, 5.74) is 0.220. The molecule has 2 heterocycles. The van der Waals surface area contributed by atoms with Crippen LogP contribution >= 0.6 is 20.7 Å². The summed E-state index contributed by atoms with van der Waals surface area (Å²) >= 11 is 5.62. The van der Waals surface area contributed by atoms with Gasteiger partial charge in [-0.25, -0.2) is 9.46 Å². The minimum Gasteiger partial charge on any atom is -0.497 e. The van der Waals surface area contributed by atoms with Crippen LogP contribution in [0.1, 0.15) is 92.2 Å². The number of carbonyl (C=O) groups is 1. The Bertz CT molecular complexity index is 2610. The largest absolute Gasteiger partial charge is 0.497 e. The van der Waals surface area contributed by atoms with Crippen LogP contribution in [0.25, 0.3) is 0 Å². The molecule has 0 unspecified atom stereocenters. The van der Waals surface area contributed by atoms with E-state index in [0.717, 1.165) is 16.7 Å². The Morgan fingerprint density at radius 1 is 0.773 bits per heavy atom. The highest BCUT2D eigenvalue weighted by atomic mass is 32.1. The number of nitrogens with one attached hydrogen (secondary N) is 1. The predicted molar refractivity (Wildman–Crippen MR) is 301 cm³/mol. The first kappa shape index (κ1) is 59.2. The van der Waals surface area contributed by atoms with E-state index in [0.29, 0.717) is 22.3 Å². The van der Waals surface area contributed by atoms with Crippen molar-refractivity contribution in [2.75, 3.05) is 46.0 Å². The van der Waals surface area contributed by atoms with Gasteiger partial charge in [0.25, 0.3) is 14.4 Å². The summed E-state index contributed by atoms with van der Waals surface area (Å²) in [6.45, 7) is 25.2. The second-order valence-electron chi connectivity index (χ2n) is 21.5. The molecular formula is C57H77N4O11PSSi. The molecule has 4 aromatic carbocycles. The van der Waals surface area contributed by atoms with Gasteiger partial charge in [-0.05, 0) is 117 Å². The van der Waals surface area contributed by atoms with Crippen LogP contribution in [0.3, 0.4) is 0 Å². The van der Waals surface area contributed by atoms with Gasteiger partial charge in [0.1, 0.15) is 53.6 Å². The van der Waals surface area contributed by atoms with Gasteiger partial charge in [-0.3, -0.25) is 9.36 Å². The number of benzene rings is 4. The number of para-hydroxylation sites is 1. The van der Waals surface area contributed by atoms with E-state index < -0.39 is 58.6 Å². The van der Waals surface area contributed by atoms with E-state index in [1.54, 1.807) is 38.6 Å². The summed E-state index contributed by atoms with van der Waals surface area (Å²) in [5, 5.41) is 2.90. The molecular weight excluding hydrogens is 1010 g/mol. The third-order valence-electron chi connectivity index (χ3n) is 13.2. The Kier molecular flexibility index (Phi) is 20.4. The van der Waals surface area contributed by atoms with Gasteiger partial charge >= 0.3 is 5.69 Å². The van der Waals surface area contributed by atoms with Crippen LogP contribution in [0.15, 0.2) is 126 Å². The highest BCUT2D eigenvalue weighted by Crippen LogP contribution is 2.52. The summed E-state index contributed by atoms with van der Waals surface area (Å²) in [7, 11) is -1.36. The Morgan fingerprint density at radius 2 is 1.32 bits per heavy atom. The average molecular weight is 1090 g/mol. The van der Waals surface area contributed by atoms with Gasteiger partial charge in [-0.1, -0.05) is 114 Å². The SMILES string of the molecule is COc1ccc(C(OC[C@H]2O[C@@H](n3ccc(NC(=O)COc4ccccc4)nc3=O)[C@@H](O[Si](C)(C)C(C)(C)C)[C@H]2O[P@](OCCOC(=S)C(C)(C)C)N(C(C)C)C(C)C)(c2ccccc2)c2ccc(OC)cc2)cc1. The molecule has 75 heavy (non-hydrogen) atoms. The maximum absolute atomic E-state index is 14.5. The maximum Gasteiger partial charge on any atom is 0.351 e. The lowest BCUT2D eigenvalue weighted by Crippen LogP contribution is -2.50. The van der Waals surface area contributed by atoms with Gasteiger partial charge in [-0.2, -0.15) is 4.98 Å². The van der Waals surface area contributed by atoms with Crippen LogP contribution in [0.5, 0.6) is 17.2 Å². The third kappa shape index (κ3) is 14.9. The summed E-state index contributed by atoms with van der Waals surface area (Å²) in [5.74, 6) is 1.45. The number of ether oxygens (including phenoxy) is 6. The summed E-state index contributed by atoms with van der Waals surface area (Å²) in [4.78, 5) is 31.9. The van der Waals surface area contributed by atoms with E-state index in [1.165, 1.54) is 4.57 Å². The molecule has 406 valence electrons. The molecule has 1 aromatic heterocycles. The number of hydrogen-bond acceptors (Lipinski definition) is 14. The number of aromatic nitrogens is 2. The van der Waals surface area contributed by atoms with Crippen LogP contribution in [0, 0.1) is 5.41 Å². The molecule has 6 rings (SSSR count). The molecule has 1 aliphatic heterocycles. The number of thiocarbonyl (C=S) groups is 1. The Balaban J connectivity index is 1.49. The molecule has 18 heteroatoms. The molecule has 0 spiro atoms. The van der Waals surface area contributed by atoms with E-state index in [4.69, 9.17) is 54.1 Å². The topological polar surface area (TPSA) is 150 Å². The van der Waals surface area contributed by atoms with E-state index in [2.05, 4.69) is 76.5 Å². The zero-order chi connectivity index (χ0) is 54.7. The molecule has 1 N–H and O–H groups in total. The first-order chi connectivity index (χ1) is 35.5. The van der Waals surface area contributed by atoms with E-state index in [9.17, 15) is 9.59 Å². The third-order valence-corrected chi connectivity index (χ3v) is 20.6. The van der Waals surface area contributed by atoms with Gasteiger partial charge in [0, 0.05) is 23.7 Å². The highest BCUT2D eigenvalue weighted by Gasteiger charge is 2.54. The quantitative estimate of drug-likeness (QED) is 0.0205. The summed E-state index contributed by atoms with van der Waals surface area (Å²) < 4.78 is 63.0. The first-order valence-corrected chi connectivity index (χ1v) is 29.9. The average Bonchev–Trinajstić information content (AvgIpc) is 3.69. The van der Waals surface area contributed by atoms with Crippen LogP contribution < -0.4 is 25.2 Å². The molecule has 1 aliphatic rings. The second kappa shape index (κ2) is 25.8. The zero-order valence-electron chi connectivity index (χ0n) is 46.0. The molecule has 1 amide bonds. The predicted octanol–water partition coefficient (Wildman–Crippen LogP) is 11.7. The van der Waals surface area contributed by atoms with Crippen molar-refractivity contribution in [3.8, 4) is 17.2 Å². The van der Waals surface area contributed by atoms with Gasteiger partial charge in [0.15, 0.2) is 26.2 Å². The highest BCUT2D eigenvalue weighted by molar-refractivity contribution is 7.80. The number of anilines is 1. The molecule has 5 atom stereocenters. The lowest BCUT2D eigenvalue weighted by atomic mass is 9.80. The van der Waals surface area contributed by atoms with Crippen molar-refractivity contribution in [2.24, 2.45) is 5.41 Å². The molecule has 0 aliphatic carbocycles. The number of amides is 1. The minimum absolute atomic E-state index is 0.0243. The van der Waals surface area contributed by atoms with Crippen molar-refractivity contribution in [1.82, 2.24) is 14.2 Å². The normalized spacial score (nSPS) is 17.8. The summed E-state index contributed by atoms with van der Waals surface area (Å²) in [6, 6.07) is 36.1. The monoisotopic (exact) mass is 1080 g/mol. The number of rotatable bonds is 24. The molecule has 0 bridgehead atoms. The molecule has 15 nitrogen and oxygen atoms in total. The van der Waals surface area contributed by atoms with Crippen molar-refractivity contribution in [3.63, 3.8) is 0 Å². The van der Waals surface area contributed by atoms with Crippen molar-refractivity contribution < 1.29 is 46.7 Å². The number of methoxy groups -OCH3 is 2. The molecule has 1 fully saturated rings. The van der Waals surface area contributed by atoms with E-state index >= 15 is 0 Å². The standard InChI is InChI=1S/C57H77N4O11PSSi/c1-39(2)61(40(3)4)73(69-36-35-66-53(74)55(5,6)7)71-50-47(37-68-57(41-21-17-15-18-22-41,42-25-29-44(64-11)30-26-42)43-27-31-45(65-12)32-28-43)70-52(51(50)72-75(13,14)56(8,9)10)60-34-33-48(59-54(60)63)58-49(62)38-67-46-23-19-16-20-24-46/h15-34,39-40,47,50-52H,35-38H2,1-14H3,(H,58,59,62,63)/t47-,50+,51+,52-,73+/m1/s1. The molecule has 1 saturated heterocycles. The molecule has 5 aromatic rings. The van der Waals surface area contributed by atoms with Crippen molar-refractivity contribution in [3.05, 3.63) is 149 Å². The van der Waals surface area contributed by atoms with E-state index in [-0.39, 0.29) is 54.8 Å². The van der Waals surface area contributed by atoms with Gasteiger partial charge < -0.3 is 47.2 Å². The fourth-order valence-electron chi connectivity index (χ4n) is 8.33. The van der Waals surface area contributed by atoms with Crippen molar-refractivity contribution >= 4 is 45.8 Å². The van der Waals surface area contributed by atoms with E-state index in [1.807, 2.05) is 118 Å². The lowest BCUT2D eigenvalue weighted by Gasteiger charge is -2.42. The lowest BCUT2D eigenvalue weighted by molar-refractivity contribution is -0.118. The van der Waals surface area contributed by atoms with Crippen LogP contribution in [-0.2, 0) is 38.1 Å². The van der Waals surface area contributed by atoms with Gasteiger partial charge in [-0.15, -0.1) is 0 Å². The van der Waals surface area contributed by atoms with Crippen LogP contribution in [0.4, 0.5) is 5.82 Å². The van der Waals surface area contributed by atoms with Gasteiger partial charge in [0.05, 0.1) is 27.4 Å². The van der Waals surface area contributed by atoms with Crippen LogP contribution in [0.2, 0.25) is 18.1 Å². The Hall–Kier alpha value is -5.07. The summed E-state index contributed by atoms with van der Waals surface area (Å²) in [6.07, 6.45) is -2.25. The Labute approximate surface area is 451 Å². The first-order valence-electron chi connectivity index (χ1n) is 25.4. The fraction of sp³-hybridized carbons (Fsp3) is 0.474. The smallest absolute Gasteiger partial charge is 0.351 e. The second-order valence-corrected chi connectivity index (χ2v) is 28.0. The maximum atomic E-state index is 14.5. The number of carbonyl (C=O) groups excluding carboxylic acids is 1. The molecule has 0 saturated carbocycles. The van der Waals surface area contributed by atoms with Crippen LogP contribution in [-0.4, -0.2) is 105 Å². The Morgan fingerprint density at radius 3 is 1.83 bits per heavy atom. The van der Waals surface area contributed by atoms with Crippen molar-refractivity contribution in [1.29, 1.82) is 0 Å². The molecule has 0 radical (unpaired) electrons. The van der Waals surface area contributed by atoms with Gasteiger partial charge in [0.2, 0.25) is 0 Å². The minimum atomic E-state index is -2.74. The van der Waals surface area contributed by atoms with Crippen molar-refractivity contribution in [2.45, 2.75) is 130 Å². The number of hydrogen-bond donors (Lipinski definition) is 1. The zero-order valence-corrected chi connectivity index (χ0v) is 48.7. The number of nitrogens with zero attached hydrogens (tertiary/aromatic N) is 3.